The molecule has 0 unspecified atom stereocenters. The van der Waals surface area contributed by atoms with Crippen molar-refractivity contribution in [1.82, 2.24) is 9.88 Å². The van der Waals surface area contributed by atoms with Crippen molar-refractivity contribution in [2.75, 3.05) is 13.1 Å². The first-order valence-corrected chi connectivity index (χ1v) is 12.7. The van der Waals surface area contributed by atoms with Crippen molar-refractivity contribution in [1.29, 1.82) is 0 Å². The van der Waals surface area contributed by atoms with E-state index < -0.39 is 17.1 Å². The standard InChI is InChI=1S/C29H27FN2O3/c30-21-6-3-17(4-7-21)20-11-19-13-29(34)23-12-18-5-8-22(33)26-24(18)28(29,27(35-26)25(19)31-14-20)9-10-32(23)15-16-1-2-16/h3-8,11,14,16,23,27,33-34H,1-2,9-10,12-13,15H2/t23-,27+,28+,29-/m1/s1. The van der Waals surface area contributed by atoms with Gasteiger partial charge in [0.1, 0.15) is 5.82 Å². The molecule has 3 aromatic rings. The minimum Gasteiger partial charge on any atom is -0.504 e. The maximum Gasteiger partial charge on any atom is 0.166 e. The summed E-state index contributed by atoms with van der Waals surface area (Å²) >= 11 is 0. The number of fused-ring (bicyclic) bond motifs is 2. The zero-order chi connectivity index (χ0) is 23.5. The Hall–Kier alpha value is -2.96. The summed E-state index contributed by atoms with van der Waals surface area (Å²) in [6.45, 7) is 1.95. The Morgan fingerprint density at radius 2 is 1.91 bits per heavy atom. The summed E-state index contributed by atoms with van der Waals surface area (Å²) in [7, 11) is 0. The van der Waals surface area contributed by atoms with Gasteiger partial charge in [0.2, 0.25) is 0 Å². The van der Waals surface area contributed by atoms with E-state index in [1.54, 1.807) is 18.2 Å². The van der Waals surface area contributed by atoms with Crippen LogP contribution in [-0.2, 0) is 18.3 Å². The van der Waals surface area contributed by atoms with Gasteiger partial charge in [0, 0.05) is 36.3 Å². The van der Waals surface area contributed by atoms with Gasteiger partial charge in [0.05, 0.1) is 16.7 Å². The van der Waals surface area contributed by atoms with Crippen LogP contribution in [0, 0.1) is 11.7 Å². The van der Waals surface area contributed by atoms with Crippen molar-refractivity contribution in [2.24, 2.45) is 5.92 Å². The number of hydrogen-bond donors (Lipinski definition) is 2. The van der Waals surface area contributed by atoms with Gasteiger partial charge in [0.25, 0.3) is 0 Å². The van der Waals surface area contributed by atoms with Gasteiger partial charge in [-0.15, -0.1) is 0 Å². The summed E-state index contributed by atoms with van der Waals surface area (Å²) in [4.78, 5) is 7.41. The van der Waals surface area contributed by atoms with Crippen LogP contribution in [0.15, 0.2) is 48.7 Å². The number of benzene rings is 2. The lowest BCUT2D eigenvalue weighted by molar-refractivity contribution is -0.173. The normalized spacial score (nSPS) is 32.1. The molecule has 2 fully saturated rings. The van der Waals surface area contributed by atoms with Crippen LogP contribution in [0.5, 0.6) is 11.5 Å². The fraction of sp³-hybridized carbons (Fsp3) is 0.414. The van der Waals surface area contributed by atoms with Gasteiger partial charge in [-0.25, -0.2) is 4.39 Å². The van der Waals surface area contributed by atoms with E-state index in [2.05, 4.69) is 11.0 Å². The second kappa shape index (κ2) is 6.62. The summed E-state index contributed by atoms with van der Waals surface area (Å²) in [5.41, 5.74) is 4.16. The molecule has 8 rings (SSSR count). The average Bonchev–Trinajstić information content (AvgIpc) is 3.59. The van der Waals surface area contributed by atoms with E-state index in [0.29, 0.717) is 12.2 Å². The van der Waals surface area contributed by atoms with E-state index in [4.69, 9.17) is 9.72 Å². The van der Waals surface area contributed by atoms with Crippen molar-refractivity contribution >= 4 is 0 Å². The van der Waals surface area contributed by atoms with Crippen molar-refractivity contribution in [3.63, 3.8) is 0 Å². The van der Waals surface area contributed by atoms with Crippen molar-refractivity contribution < 1.29 is 19.3 Å². The van der Waals surface area contributed by atoms with Gasteiger partial charge < -0.3 is 14.9 Å². The van der Waals surface area contributed by atoms with Crippen LogP contribution in [0.3, 0.4) is 0 Å². The molecular formula is C29H27FN2O3. The zero-order valence-corrected chi connectivity index (χ0v) is 19.4. The van der Waals surface area contributed by atoms with Crippen LogP contribution in [0.4, 0.5) is 4.39 Å². The quantitative estimate of drug-likeness (QED) is 0.598. The van der Waals surface area contributed by atoms with Gasteiger partial charge in [-0.3, -0.25) is 9.88 Å². The van der Waals surface area contributed by atoms with Crippen LogP contribution in [0.25, 0.3) is 11.1 Å². The number of rotatable bonds is 3. The zero-order valence-electron chi connectivity index (χ0n) is 19.4. The summed E-state index contributed by atoms with van der Waals surface area (Å²) < 4.78 is 20.1. The van der Waals surface area contributed by atoms with E-state index in [9.17, 15) is 14.6 Å². The number of nitrogens with zero attached hydrogens (tertiary/aromatic N) is 2. The molecule has 5 aliphatic rings. The molecule has 2 aromatic carbocycles. The van der Waals surface area contributed by atoms with Crippen LogP contribution in [0.1, 0.15) is 47.8 Å². The molecule has 4 atom stereocenters. The van der Waals surface area contributed by atoms with Crippen molar-refractivity contribution in [3.05, 3.63) is 76.9 Å². The Kier molecular flexibility index (Phi) is 3.83. The molecular weight excluding hydrogens is 443 g/mol. The topological polar surface area (TPSA) is 65.8 Å². The smallest absolute Gasteiger partial charge is 0.166 e. The predicted molar refractivity (Wildman–Crippen MR) is 128 cm³/mol. The minimum absolute atomic E-state index is 0.00595. The predicted octanol–water partition coefficient (Wildman–Crippen LogP) is 4.29. The van der Waals surface area contributed by atoms with Crippen LogP contribution in [0.2, 0.25) is 0 Å². The molecule has 2 aliphatic heterocycles. The van der Waals surface area contributed by atoms with E-state index >= 15 is 0 Å². The number of phenolic OH excluding ortho intramolecular Hbond substituents is 1. The number of ether oxygens (including phenoxy) is 1. The molecule has 6 heteroatoms. The minimum atomic E-state index is -1.02. The lowest BCUT2D eigenvalue weighted by Gasteiger charge is -2.63. The molecule has 3 heterocycles. The van der Waals surface area contributed by atoms with E-state index in [-0.39, 0.29) is 17.6 Å². The van der Waals surface area contributed by atoms with Crippen LogP contribution >= 0.6 is 0 Å². The maximum atomic E-state index is 13.5. The Balaban J connectivity index is 1.32. The van der Waals surface area contributed by atoms with Gasteiger partial charge in [-0.1, -0.05) is 18.2 Å². The summed E-state index contributed by atoms with van der Waals surface area (Å²) in [5.74, 6) is 1.13. The molecule has 35 heavy (non-hydrogen) atoms. The number of pyridine rings is 1. The Labute approximate surface area is 203 Å². The third-order valence-corrected chi connectivity index (χ3v) is 9.40. The Bertz CT molecular complexity index is 1390. The number of aromatic hydroxyl groups is 1. The van der Waals surface area contributed by atoms with Crippen molar-refractivity contribution in [3.8, 4) is 22.6 Å². The fourth-order valence-electron chi connectivity index (χ4n) is 7.64. The third kappa shape index (κ3) is 2.51. The number of aromatic nitrogens is 1. The number of halogens is 1. The first-order chi connectivity index (χ1) is 17.0. The monoisotopic (exact) mass is 470 g/mol. The summed E-state index contributed by atoms with van der Waals surface area (Å²) in [5, 5.41) is 23.5. The Morgan fingerprint density at radius 3 is 2.71 bits per heavy atom. The molecule has 0 amide bonds. The molecule has 2 N–H and O–H groups in total. The number of phenols is 1. The molecule has 2 bridgehead atoms. The van der Waals surface area contributed by atoms with Crippen LogP contribution < -0.4 is 4.74 Å². The third-order valence-electron chi connectivity index (χ3n) is 9.40. The molecule has 3 aliphatic carbocycles. The van der Waals surface area contributed by atoms with E-state index in [0.717, 1.165) is 59.8 Å². The first-order valence-electron chi connectivity index (χ1n) is 12.7. The van der Waals surface area contributed by atoms with E-state index in [1.807, 2.05) is 12.3 Å². The van der Waals surface area contributed by atoms with Gasteiger partial charge in [-0.05, 0) is 79.1 Å². The Morgan fingerprint density at radius 1 is 1.09 bits per heavy atom. The van der Waals surface area contributed by atoms with E-state index in [1.165, 1.54) is 30.5 Å². The number of hydrogen-bond acceptors (Lipinski definition) is 5. The average molecular weight is 471 g/mol. The second-order valence-corrected chi connectivity index (χ2v) is 11.2. The number of likely N-dealkylation sites (tertiary alicyclic amines) is 1. The summed E-state index contributed by atoms with van der Waals surface area (Å²) in [6, 6.07) is 12.3. The van der Waals surface area contributed by atoms with Crippen molar-refractivity contribution in [2.45, 2.75) is 55.3 Å². The highest BCUT2D eigenvalue weighted by atomic mass is 19.1. The molecule has 178 valence electrons. The highest BCUT2D eigenvalue weighted by Gasteiger charge is 2.72. The fourth-order valence-corrected chi connectivity index (χ4v) is 7.64. The first kappa shape index (κ1) is 20.3. The molecule has 1 aromatic heterocycles. The van der Waals surface area contributed by atoms with Gasteiger partial charge in [0.15, 0.2) is 17.6 Å². The lowest BCUT2D eigenvalue weighted by atomic mass is 9.49. The molecule has 1 saturated heterocycles. The number of aliphatic hydroxyl groups is 1. The highest BCUT2D eigenvalue weighted by Crippen LogP contribution is 2.68. The summed E-state index contributed by atoms with van der Waals surface area (Å²) in [6.07, 6.45) is 5.97. The molecule has 1 spiro atoms. The molecule has 5 nitrogen and oxygen atoms in total. The van der Waals surface area contributed by atoms with Crippen LogP contribution in [-0.4, -0.2) is 44.8 Å². The largest absolute Gasteiger partial charge is 0.504 e. The molecule has 1 saturated carbocycles. The number of piperidine rings is 1. The molecule has 0 radical (unpaired) electrons. The lowest BCUT2D eigenvalue weighted by Crippen LogP contribution is -2.74. The van der Waals surface area contributed by atoms with Gasteiger partial charge >= 0.3 is 0 Å². The van der Waals surface area contributed by atoms with Gasteiger partial charge in [-0.2, -0.15) is 0 Å². The highest BCUT2D eigenvalue weighted by molar-refractivity contribution is 5.67. The SMILES string of the molecule is Oc1ccc2c3c1O[C@H]1c4ncc(-c5ccc(F)cc5)cc4C[C@@]4(O)[C@@H](C2)N(CC2CC2)CC[C@]314. The second-order valence-electron chi connectivity index (χ2n) is 11.2. The maximum absolute atomic E-state index is 13.5.